The van der Waals surface area contributed by atoms with E-state index >= 15 is 0 Å². The normalized spacial score (nSPS) is 10.4. The van der Waals surface area contributed by atoms with Crippen molar-refractivity contribution in [3.8, 4) is 11.5 Å². The molecule has 0 radical (unpaired) electrons. The number of carbonyl (C=O) groups is 1. The van der Waals surface area contributed by atoms with E-state index in [1.807, 2.05) is 36.4 Å². The number of methoxy groups -OCH3 is 2. The zero-order valence-electron chi connectivity index (χ0n) is 17.1. The van der Waals surface area contributed by atoms with Crippen LogP contribution >= 0.6 is 0 Å². The van der Waals surface area contributed by atoms with Crippen molar-refractivity contribution in [2.45, 2.75) is 12.8 Å². The molecule has 0 fully saturated rings. The second kappa shape index (κ2) is 10.2. The van der Waals surface area contributed by atoms with Crippen molar-refractivity contribution in [3.05, 3.63) is 71.5 Å². The van der Waals surface area contributed by atoms with Crippen LogP contribution in [0.3, 0.4) is 0 Å². The van der Waals surface area contributed by atoms with Crippen LogP contribution in [0.25, 0.3) is 0 Å². The number of aromatic nitrogens is 2. The molecule has 1 aromatic heterocycles. The van der Waals surface area contributed by atoms with Gasteiger partial charge in [-0.1, -0.05) is 0 Å². The molecule has 1 heterocycles. The van der Waals surface area contributed by atoms with Crippen LogP contribution in [-0.4, -0.2) is 37.2 Å². The summed E-state index contributed by atoms with van der Waals surface area (Å²) in [6.07, 6.45) is 5.01. The molecule has 0 spiro atoms. The van der Waals surface area contributed by atoms with E-state index in [1.165, 1.54) is 7.11 Å². The van der Waals surface area contributed by atoms with Crippen LogP contribution in [0.4, 0.5) is 11.6 Å². The Morgan fingerprint density at radius 2 is 1.53 bits per heavy atom. The lowest BCUT2D eigenvalue weighted by Crippen LogP contribution is -2.22. The minimum atomic E-state index is -0.324. The molecule has 0 aliphatic rings. The number of amides is 1. The second-order valence-electron chi connectivity index (χ2n) is 6.47. The first kappa shape index (κ1) is 21.1. The van der Waals surface area contributed by atoms with Crippen molar-refractivity contribution in [3.63, 3.8) is 0 Å². The monoisotopic (exact) mass is 408 g/mol. The quantitative estimate of drug-likeness (QED) is 0.525. The highest BCUT2D eigenvalue weighted by molar-refractivity contribution is 5.94. The van der Waals surface area contributed by atoms with Crippen molar-refractivity contribution in [2.24, 2.45) is 0 Å². The first-order valence-electron chi connectivity index (χ1n) is 9.34. The zero-order chi connectivity index (χ0) is 21.3. The fraction of sp³-hybridized carbons (Fsp3) is 0.227. The molecule has 30 heavy (non-hydrogen) atoms. The SMILES string of the molecule is CONC(=O)c1cc(CCc2cnc(Nc3ccc(OC)cc3)nc2)cc(OC)c1. The fourth-order valence-electron chi connectivity index (χ4n) is 2.85. The van der Waals surface area contributed by atoms with E-state index < -0.39 is 0 Å². The number of hydrogen-bond acceptors (Lipinski definition) is 7. The Hall–Kier alpha value is -3.65. The molecule has 0 aliphatic carbocycles. The topological polar surface area (TPSA) is 94.6 Å². The van der Waals surface area contributed by atoms with E-state index in [0.29, 0.717) is 23.7 Å². The van der Waals surface area contributed by atoms with Crippen LogP contribution in [0.2, 0.25) is 0 Å². The van der Waals surface area contributed by atoms with Gasteiger partial charge in [-0.25, -0.2) is 15.4 Å². The van der Waals surface area contributed by atoms with Gasteiger partial charge < -0.3 is 14.8 Å². The van der Waals surface area contributed by atoms with Gasteiger partial charge in [-0.15, -0.1) is 0 Å². The average molecular weight is 408 g/mol. The number of carbonyl (C=O) groups excluding carboxylic acids is 1. The van der Waals surface area contributed by atoms with Gasteiger partial charge in [0.1, 0.15) is 11.5 Å². The summed E-state index contributed by atoms with van der Waals surface area (Å²) in [6, 6.07) is 12.9. The molecule has 0 atom stereocenters. The second-order valence-corrected chi connectivity index (χ2v) is 6.47. The lowest BCUT2D eigenvalue weighted by atomic mass is 10.0. The predicted molar refractivity (Wildman–Crippen MR) is 113 cm³/mol. The number of nitrogens with one attached hydrogen (secondary N) is 2. The number of anilines is 2. The molecule has 0 bridgehead atoms. The molecule has 2 N–H and O–H groups in total. The van der Waals surface area contributed by atoms with E-state index in [4.69, 9.17) is 14.3 Å². The molecule has 3 aromatic rings. The van der Waals surface area contributed by atoms with Gasteiger partial charge in [0.2, 0.25) is 5.95 Å². The highest BCUT2D eigenvalue weighted by atomic mass is 16.6. The van der Waals surface area contributed by atoms with Gasteiger partial charge in [0.15, 0.2) is 0 Å². The maximum Gasteiger partial charge on any atom is 0.274 e. The number of nitrogens with zero attached hydrogens (tertiary/aromatic N) is 2. The molecular weight excluding hydrogens is 384 g/mol. The van der Waals surface area contributed by atoms with Crippen LogP contribution in [0.15, 0.2) is 54.9 Å². The van der Waals surface area contributed by atoms with Gasteiger partial charge in [-0.05, 0) is 66.4 Å². The third kappa shape index (κ3) is 5.68. The molecule has 156 valence electrons. The Labute approximate surface area is 175 Å². The molecule has 1 amide bonds. The highest BCUT2D eigenvalue weighted by Gasteiger charge is 2.09. The van der Waals surface area contributed by atoms with E-state index in [0.717, 1.165) is 29.0 Å². The smallest absolute Gasteiger partial charge is 0.274 e. The number of hydrogen-bond donors (Lipinski definition) is 2. The zero-order valence-corrected chi connectivity index (χ0v) is 17.1. The minimum absolute atomic E-state index is 0.324. The Kier molecular flexibility index (Phi) is 7.18. The maximum absolute atomic E-state index is 12.0. The molecule has 8 heteroatoms. The van der Waals surface area contributed by atoms with E-state index in [1.54, 1.807) is 32.7 Å². The van der Waals surface area contributed by atoms with E-state index in [2.05, 4.69) is 20.8 Å². The van der Waals surface area contributed by atoms with Gasteiger partial charge in [0, 0.05) is 23.6 Å². The van der Waals surface area contributed by atoms with Crippen molar-refractivity contribution in [1.82, 2.24) is 15.4 Å². The summed E-state index contributed by atoms with van der Waals surface area (Å²) in [6.45, 7) is 0. The third-order valence-corrected chi connectivity index (χ3v) is 4.41. The molecule has 0 unspecified atom stereocenters. The van der Waals surface area contributed by atoms with Crippen molar-refractivity contribution in [1.29, 1.82) is 0 Å². The van der Waals surface area contributed by atoms with E-state index in [-0.39, 0.29) is 5.91 Å². The molecule has 0 saturated heterocycles. The Balaban J connectivity index is 1.63. The molecular formula is C22H24N4O4. The standard InChI is InChI=1S/C22H24N4O4/c1-28-19-8-6-18(7-9-19)25-22-23-13-16(14-24-22)5-4-15-10-17(21(27)26-30-3)12-20(11-15)29-2/h6-14H,4-5H2,1-3H3,(H,26,27)(H,23,24,25). The maximum atomic E-state index is 12.0. The Bertz CT molecular complexity index is 975. The largest absolute Gasteiger partial charge is 0.497 e. The summed E-state index contributed by atoms with van der Waals surface area (Å²) in [4.78, 5) is 25.5. The van der Waals surface area contributed by atoms with Crippen LogP contribution in [0.1, 0.15) is 21.5 Å². The van der Waals surface area contributed by atoms with Crippen LogP contribution in [-0.2, 0) is 17.7 Å². The van der Waals surface area contributed by atoms with Crippen LogP contribution < -0.4 is 20.3 Å². The molecule has 0 saturated carbocycles. The van der Waals surface area contributed by atoms with Crippen molar-refractivity contribution >= 4 is 17.5 Å². The lowest BCUT2D eigenvalue weighted by molar-refractivity contribution is 0.0537. The fourth-order valence-corrected chi connectivity index (χ4v) is 2.85. The van der Waals surface area contributed by atoms with Crippen molar-refractivity contribution in [2.75, 3.05) is 26.6 Å². The summed E-state index contributed by atoms with van der Waals surface area (Å²) < 4.78 is 10.5. The van der Waals surface area contributed by atoms with Crippen LogP contribution in [0, 0.1) is 0 Å². The number of benzene rings is 2. The number of aryl methyl sites for hydroxylation is 2. The molecule has 2 aromatic carbocycles. The van der Waals surface area contributed by atoms with Gasteiger partial charge in [0.25, 0.3) is 5.91 Å². The molecule has 3 rings (SSSR count). The van der Waals surface area contributed by atoms with Gasteiger partial charge in [0.05, 0.1) is 21.3 Å². The molecule has 0 aliphatic heterocycles. The summed E-state index contributed by atoms with van der Waals surface area (Å²) in [5.74, 6) is 1.60. The number of ether oxygens (including phenoxy) is 2. The minimum Gasteiger partial charge on any atom is -0.497 e. The highest BCUT2D eigenvalue weighted by Crippen LogP contribution is 2.20. The Morgan fingerprint density at radius 3 is 2.17 bits per heavy atom. The summed E-state index contributed by atoms with van der Waals surface area (Å²) in [5, 5.41) is 3.15. The van der Waals surface area contributed by atoms with Crippen LogP contribution in [0.5, 0.6) is 11.5 Å². The summed E-state index contributed by atoms with van der Waals surface area (Å²) >= 11 is 0. The summed E-state index contributed by atoms with van der Waals surface area (Å²) in [7, 11) is 4.59. The number of rotatable bonds is 9. The lowest BCUT2D eigenvalue weighted by Gasteiger charge is -2.09. The van der Waals surface area contributed by atoms with E-state index in [9.17, 15) is 4.79 Å². The van der Waals surface area contributed by atoms with Gasteiger partial charge in [-0.2, -0.15) is 0 Å². The van der Waals surface area contributed by atoms with Gasteiger partial charge in [-0.3, -0.25) is 9.63 Å². The Morgan fingerprint density at radius 1 is 0.867 bits per heavy atom. The van der Waals surface area contributed by atoms with Crippen molar-refractivity contribution < 1.29 is 19.1 Å². The molecule has 8 nitrogen and oxygen atoms in total. The summed E-state index contributed by atoms with van der Waals surface area (Å²) in [5.41, 5.74) is 5.62. The predicted octanol–water partition coefficient (Wildman–Crippen LogP) is 3.31. The first-order chi connectivity index (χ1) is 14.6. The third-order valence-electron chi connectivity index (χ3n) is 4.41. The first-order valence-corrected chi connectivity index (χ1v) is 9.34. The number of hydroxylamine groups is 1. The average Bonchev–Trinajstić information content (AvgIpc) is 2.79. The van der Waals surface area contributed by atoms with Gasteiger partial charge >= 0.3 is 0 Å².